The van der Waals surface area contributed by atoms with E-state index in [9.17, 15) is 18.0 Å². The molecular weight excluding hydrogens is 357 g/mol. The smallest absolute Gasteiger partial charge is 0.475 e. The number of aliphatic carboxylic acids is 1. The fourth-order valence-corrected chi connectivity index (χ4v) is 1.63. The normalized spacial score (nSPS) is 11.9. The molecule has 0 spiro atoms. The highest BCUT2D eigenvalue weighted by molar-refractivity contribution is 5.78. The van der Waals surface area contributed by atoms with Crippen molar-refractivity contribution in [1.82, 2.24) is 20.4 Å². The van der Waals surface area contributed by atoms with Gasteiger partial charge in [-0.1, -0.05) is 12.1 Å². The highest BCUT2D eigenvalue weighted by Crippen LogP contribution is 2.13. The van der Waals surface area contributed by atoms with Crippen LogP contribution in [0.3, 0.4) is 0 Å². The summed E-state index contributed by atoms with van der Waals surface area (Å²) in [6.07, 6.45) is -0.738. The van der Waals surface area contributed by atoms with E-state index in [2.05, 4.69) is 20.4 Å². The van der Waals surface area contributed by atoms with Crippen LogP contribution < -0.4 is 5.32 Å². The Morgan fingerprint density at radius 2 is 1.88 bits per heavy atom. The van der Waals surface area contributed by atoms with E-state index in [-0.39, 0.29) is 11.9 Å². The Morgan fingerprint density at radius 3 is 2.35 bits per heavy atom. The molecule has 142 valence electrons. The topological polar surface area (TPSA) is 118 Å². The van der Waals surface area contributed by atoms with Gasteiger partial charge >= 0.3 is 12.1 Å². The predicted molar refractivity (Wildman–Crippen MR) is 81.9 cm³/mol. The molecule has 0 aliphatic heterocycles. The Morgan fingerprint density at radius 1 is 1.31 bits per heavy atom. The van der Waals surface area contributed by atoms with Crippen LogP contribution in [-0.2, 0) is 22.4 Å². The summed E-state index contributed by atoms with van der Waals surface area (Å²) in [5.41, 5.74) is 0.916. The number of nitrogens with one attached hydrogen (secondary N) is 1. The maximum absolute atomic E-state index is 11.9. The third-order valence-electron chi connectivity index (χ3n) is 2.90. The summed E-state index contributed by atoms with van der Waals surface area (Å²) < 4.78 is 36.8. The van der Waals surface area contributed by atoms with Crippen LogP contribution in [0.1, 0.15) is 37.2 Å². The minimum Gasteiger partial charge on any atom is -0.475 e. The molecule has 0 bridgehead atoms. The highest BCUT2D eigenvalue weighted by Gasteiger charge is 2.38. The lowest BCUT2D eigenvalue weighted by molar-refractivity contribution is -0.192. The molecule has 1 unspecified atom stereocenters. The minimum absolute atomic E-state index is 0.0880. The number of nitrogens with zero attached hydrogens (tertiary/aromatic N) is 3. The number of carboxylic acids is 1. The second-order valence-corrected chi connectivity index (χ2v) is 5.03. The zero-order valence-corrected chi connectivity index (χ0v) is 13.9. The van der Waals surface area contributed by atoms with Gasteiger partial charge in [-0.05, 0) is 24.6 Å². The lowest BCUT2D eigenvalue weighted by Gasteiger charge is -2.09. The van der Waals surface area contributed by atoms with Crippen molar-refractivity contribution in [3.63, 3.8) is 0 Å². The van der Waals surface area contributed by atoms with Gasteiger partial charge in [0.1, 0.15) is 6.04 Å². The van der Waals surface area contributed by atoms with Crippen molar-refractivity contribution in [2.45, 2.75) is 38.9 Å². The first-order valence-electron chi connectivity index (χ1n) is 7.44. The lowest BCUT2D eigenvalue weighted by Crippen LogP contribution is -2.28. The number of carbonyl (C=O) groups excluding carboxylic acids is 1. The molecule has 0 fully saturated rings. The molecule has 2 aromatic heterocycles. The number of hydrogen-bond donors (Lipinski definition) is 2. The fraction of sp³-hybridized carbons (Fsp3) is 0.400. The Kier molecular flexibility index (Phi) is 7.69. The number of aromatic nitrogens is 3. The van der Waals surface area contributed by atoms with Crippen LogP contribution in [0.4, 0.5) is 13.2 Å². The van der Waals surface area contributed by atoms with Gasteiger partial charge in [0.25, 0.3) is 0 Å². The van der Waals surface area contributed by atoms with Crippen LogP contribution in [-0.4, -0.2) is 38.3 Å². The number of amides is 1. The summed E-state index contributed by atoms with van der Waals surface area (Å²) in [6, 6.07) is 3.33. The standard InChI is InChI=1S/C13H16N4O2.C2HF3O2/c1-3-11-16-13(19-17-11)9(2)15-12(18)8-10-4-6-14-7-5-10;3-2(4,5)1(6)7/h4-7,9H,3,8H2,1-2H3,(H,15,18);(H,6,7). The van der Waals surface area contributed by atoms with Gasteiger partial charge in [0.05, 0.1) is 6.42 Å². The molecule has 0 aliphatic carbocycles. The van der Waals surface area contributed by atoms with Crippen LogP contribution in [0.2, 0.25) is 0 Å². The third kappa shape index (κ3) is 7.28. The molecule has 1 amide bonds. The summed E-state index contributed by atoms with van der Waals surface area (Å²) in [6.45, 7) is 3.76. The largest absolute Gasteiger partial charge is 0.490 e. The van der Waals surface area contributed by atoms with Crippen LogP contribution in [0, 0.1) is 0 Å². The first kappa shape index (κ1) is 21.1. The maximum Gasteiger partial charge on any atom is 0.490 e. The molecule has 11 heteroatoms. The van der Waals surface area contributed by atoms with Crippen LogP contribution >= 0.6 is 0 Å². The highest BCUT2D eigenvalue weighted by atomic mass is 19.4. The summed E-state index contributed by atoms with van der Waals surface area (Å²) in [7, 11) is 0. The first-order chi connectivity index (χ1) is 12.1. The Labute approximate surface area is 146 Å². The van der Waals surface area contributed by atoms with E-state index in [0.717, 1.165) is 5.56 Å². The Bertz CT molecular complexity index is 719. The number of hydrogen-bond acceptors (Lipinski definition) is 6. The molecule has 0 aliphatic rings. The van der Waals surface area contributed by atoms with Crippen molar-refractivity contribution in [3.05, 3.63) is 41.8 Å². The number of pyridine rings is 1. The van der Waals surface area contributed by atoms with Crippen molar-refractivity contribution in [2.24, 2.45) is 0 Å². The molecule has 2 N–H and O–H groups in total. The van der Waals surface area contributed by atoms with E-state index >= 15 is 0 Å². The molecule has 0 saturated carbocycles. The molecular formula is C15H17F3N4O4. The molecule has 8 nitrogen and oxygen atoms in total. The average Bonchev–Trinajstić information content (AvgIpc) is 3.04. The van der Waals surface area contributed by atoms with Gasteiger partial charge < -0.3 is 14.9 Å². The van der Waals surface area contributed by atoms with E-state index in [1.165, 1.54) is 0 Å². The Hall–Kier alpha value is -2.98. The van der Waals surface area contributed by atoms with Crippen molar-refractivity contribution < 1.29 is 32.4 Å². The lowest BCUT2D eigenvalue weighted by atomic mass is 10.2. The van der Waals surface area contributed by atoms with Crippen LogP contribution in [0.5, 0.6) is 0 Å². The second kappa shape index (κ2) is 9.49. The van der Waals surface area contributed by atoms with Gasteiger partial charge in [-0.15, -0.1) is 0 Å². The molecule has 0 aromatic carbocycles. The molecule has 2 aromatic rings. The van der Waals surface area contributed by atoms with Crippen LogP contribution in [0.25, 0.3) is 0 Å². The average molecular weight is 374 g/mol. The van der Waals surface area contributed by atoms with Crippen molar-refractivity contribution >= 4 is 11.9 Å². The van der Waals surface area contributed by atoms with Crippen molar-refractivity contribution in [2.75, 3.05) is 0 Å². The molecule has 1 atom stereocenters. The van der Waals surface area contributed by atoms with Crippen molar-refractivity contribution in [1.29, 1.82) is 0 Å². The van der Waals surface area contributed by atoms with E-state index in [1.807, 2.05) is 26.0 Å². The maximum atomic E-state index is 11.9. The Balaban J connectivity index is 0.000000412. The zero-order chi connectivity index (χ0) is 19.7. The van der Waals surface area contributed by atoms with Gasteiger partial charge in [0, 0.05) is 18.8 Å². The quantitative estimate of drug-likeness (QED) is 0.822. The summed E-state index contributed by atoms with van der Waals surface area (Å²) in [4.78, 5) is 28.8. The van der Waals surface area contributed by atoms with Gasteiger partial charge in [0.15, 0.2) is 5.82 Å². The second-order valence-electron chi connectivity index (χ2n) is 5.03. The SMILES string of the molecule is CCc1noc(C(C)NC(=O)Cc2ccncc2)n1.O=C(O)C(F)(F)F. The van der Waals surface area contributed by atoms with Crippen LogP contribution in [0.15, 0.2) is 29.0 Å². The van der Waals surface area contributed by atoms with E-state index in [1.54, 1.807) is 12.4 Å². The van der Waals surface area contributed by atoms with E-state index < -0.39 is 12.1 Å². The van der Waals surface area contributed by atoms with Gasteiger partial charge in [-0.3, -0.25) is 9.78 Å². The van der Waals surface area contributed by atoms with Crippen molar-refractivity contribution in [3.8, 4) is 0 Å². The summed E-state index contributed by atoms with van der Waals surface area (Å²) in [5, 5.41) is 13.8. The third-order valence-corrected chi connectivity index (χ3v) is 2.90. The number of carboxylic acid groups (broad SMARTS) is 1. The number of alkyl halides is 3. The van der Waals surface area contributed by atoms with E-state index in [4.69, 9.17) is 14.4 Å². The van der Waals surface area contributed by atoms with Gasteiger partial charge in [-0.2, -0.15) is 18.2 Å². The monoisotopic (exact) mass is 374 g/mol. The fourth-order valence-electron chi connectivity index (χ4n) is 1.63. The zero-order valence-electron chi connectivity index (χ0n) is 13.9. The summed E-state index contributed by atoms with van der Waals surface area (Å²) >= 11 is 0. The molecule has 2 heterocycles. The number of aryl methyl sites for hydroxylation is 1. The molecule has 26 heavy (non-hydrogen) atoms. The van der Waals surface area contributed by atoms with Gasteiger partial charge in [0.2, 0.25) is 11.8 Å². The molecule has 0 radical (unpaired) electrons. The summed E-state index contributed by atoms with van der Waals surface area (Å²) in [5.74, 6) is -1.77. The van der Waals surface area contributed by atoms with E-state index in [0.29, 0.717) is 24.6 Å². The minimum atomic E-state index is -5.08. The predicted octanol–water partition coefficient (Wildman–Crippen LogP) is 2.08. The number of halogens is 3. The molecule has 0 saturated heterocycles. The number of carbonyl (C=O) groups is 2. The first-order valence-corrected chi connectivity index (χ1v) is 7.44. The molecule has 2 rings (SSSR count). The van der Waals surface area contributed by atoms with Gasteiger partial charge in [-0.25, -0.2) is 4.79 Å². The number of rotatable bonds is 5.